The number of ether oxygens (including phenoxy) is 1. The second-order valence-electron chi connectivity index (χ2n) is 5.86. The molecule has 0 fully saturated rings. The lowest BCUT2D eigenvalue weighted by molar-refractivity contribution is -0.119. The minimum Gasteiger partial charge on any atom is -0.497 e. The van der Waals surface area contributed by atoms with Gasteiger partial charge in [-0.3, -0.25) is 9.00 Å². The van der Waals surface area contributed by atoms with Crippen LogP contribution in [0, 0.1) is 6.92 Å². The highest BCUT2D eigenvalue weighted by Crippen LogP contribution is 2.25. The number of hydrogen-bond donors (Lipinski definition) is 1. The number of amides is 1. The van der Waals surface area contributed by atoms with Crippen LogP contribution in [0.3, 0.4) is 0 Å². The Morgan fingerprint density at radius 3 is 2.88 bits per heavy atom. The normalized spacial score (nSPS) is 13.3. The lowest BCUT2D eigenvalue weighted by atomic mass is 10.2. The van der Waals surface area contributed by atoms with Gasteiger partial charge >= 0.3 is 0 Å². The Labute approximate surface area is 150 Å². The van der Waals surface area contributed by atoms with Gasteiger partial charge in [0.1, 0.15) is 17.3 Å². The molecule has 2 aromatic rings. The average Bonchev–Trinajstić information content (AvgIpc) is 2.95. The smallest absolute Gasteiger partial charge is 0.232 e. The molecule has 0 unspecified atom stereocenters. The van der Waals surface area contributed by atoms with E-state index < -0.39 is 10.8 Å². The van der Waals surface area contributed by atoms with E-state index in [-0.39, 0.29) is 23.5 Å². The zero-order valence-corrected chi connectivity index (χ0v) is 15.8. The summed E-state index contributed by atoms with van der Waals surface area (Å²) in [5.41, 5.74) is 1.39. The summed E-state index contributed by atoms with van der Waals surface area (Å²) in [7, 11) is 0.258. The maximum atomic E-state index is 12.2. The predicted octanol–water partition coefficient (Wildman–Crippen LogP) is 2.82. The molecule has 7 heteroatoms. The number of aromatic nitrogens is 1. The van der Waals surface area contributed by atoms with Crippen LogP contribution in [0.15, 0.2) is 28.7 Å². The van der Waals surface area contributed by atoms with E-state index in [1.54, 1.807) is 14.0 Å². The Kier molecular flexibility index (Phi) is 6.75. The minimum absolute atomic E-state index is 0.0366. The third-order valence-electron chi connectivity index (χ3n) is 3.82. The predicted molar refractivity (Wildman–Crippen MR) is 97.8 cm³/mol. The van der Waals surface area contributed by atoms with Crippen LogP contribution in [0.4, 0.5) is 0 Å². The summed E-state index contributed by atoms with van der Waals surface area (Å²) in [5.74, 6) is 1.71. The monoisotopic (exact) mass is 364 g/mol. The number of benzene rings is 1. The van der Waals surface area contributed by atoms with Crippen molar-refractivity contribution in [1.82, 2.24) is 10.3 Å². The number of carbonyl (C=O) groups is 1. The Hall–Kier alpha value is -2.15. The van der Waals surface area contributed by atoms with Crippen LogP contribution in [0.1, 0.15) is 31.7 Å². The lowest BCUT2D eigenvalue weighted by Gasteiger charge is -2.10. The Balaban J connectivity index is 2.04. The molecule has 6 nitrogen and oxygen atoms in total. The average molecular weight is 364 g/mol. The van der Waals surface area contributed by atoms with Gasteiger partial charge in [-0.15, -0.1) is 0 Å². The number of carbonyl (C=O) groups excluding carboxylic acids is 1. The quantitative estimate of drug-likeness (QED) is 0.779. The number of nitrogens with zero attached hydrogens (tertiary/aromatic N) is 1. The van der Waals surface area contributed by atoms with Gasteiger partial charge in [0.05, 0.1) is 18.6 Å². The summed E-state index contributed by atoms with van der Waals surface area (Å²) < 4.78 is 23.1. The van der Waals surface area contributed by atoms with E-state index in [1.165, 1.54) is 0 Å². The molecule has 25 heavy (non-hydrogen) atoms. The zero-order valence-electron chi connectivity index (χ0n) is 15.0. The number of nitrogens with one attached hydrogen (secondary N) is 1. The summed E-state index contributed by atoms with van der Waals surface area (Å²) in [6, 6.07) is 7.47. The number of oxazole rings is 1. The van der Waals surface area contributed by atoms with Crippen molar-refractivity contribution in [3.05, 3.63) is 35.7 Å². The molecule has 0 spiro atoms. The van der Waals surface area contributed by atoms with Crippen molar-refractivity contribution in [2.75, 3.05) is 12.9 Å². The Morgan fingerprint density at radius 1 is 1.44 bits per heavy atom. The second kappa shape index (κ2) is 8.80. The van der Waals surface area contributed by atoms with Crippen molar-refractivity contribution in [3.63, 3.8) is 0 Å². The highest BCUT2D eigenvalue weighted by atomic mass is 32.2. The summed E-state index contributed by atoms with van der Waals surface area (Å²) in [6.45, 7) is 5.69. The maximum Gasteiger partial charge on any atom is 0.232 e. The lowest BCUT2D eigenvalue weighted by Crippen LogP contribution is -2.35. The zero-order chi connectivity index (χ0) is 18.4. The van der Waals surface area contributed by atoms with E-state index in [4.69, 9.17) is 9.15 Å². The first kappa shape index (κ1) is 19.2. The van der Waals surface area contributed by atoms with Crippen LogP contribution >= 0.6 is 0 Å². The number of methoxy groups -OCH3 is 1. The van der Waals surface area contributed by atoms with E-state index in [2.05, 4.69) is 10.3 Å². The molecule has 1 amide bonds. The molecule has 1 aromatic heterocycles. The van der Waals surface area contributed by atoms with Gasteiger partial charge in [-0.1, -0.05) is 13.0 Å². The summed E-state index contributed by atoms with van der Waals surface area (Å²) in [6.07, 6.45) is 0.838. The van der Waals surface area contributed by atoms with Gasteiger partial charge in [0.2, 0.25) is 11.8 Å². The first-order valence-corrected chi connectivity index (χ1v) is 9.66. The standard InChI is InChI=1S/C18H24N2O4S/c1-5-12(2)19-17(21)11-25(22)10-16-13(3)24-18(20-16)14-7-6-8-15(9-14)23-4/h6-9,12H,5,10-11H2,1-4H3,(H,19,21)/t12-,25-/m1/s1. The SMILES string of the molecule is CC[C@@H](C)NC(=O)C[S@](=O)Cc1nc(-c2cccc(OC)c2)oc1C. The van der Waals surface area contributed by atoms with E-state index in [0.717, 1.165) is 12.0 Å². The number of hydrogen-bond acceptors (Lipinski definition) is 5. The van der Waals surface area contributed by atoms with Crippen LogP contribution in [-0.2, 0) is 21.3 Å². The fourth-order valence-corrected chi connectivity index (χ4v) is 3.26. The summed E-state index contributed by atoms with van der Waals surface area (Å²) in [5, 5.41) is 2.81. The van der Waals surface area contributed by atoms with Crippen LogP contribution in [0.25, 0.3) is 11.5 Å². The molecule has 1 aromatic carbocycles. The van der Waals surface area contributed by atoms with Crippen LogP contribution in [0.5, 0.6) is 5.75 Å². The van der Waals surface area contributed by atoms with Gasteiger partial charge in [0.15, 0.2) is 0 Å². The summed E-state index contributed by atoms with van der Waals surface area (Å²) in [4.78, 5) is 16.3. The molecule has 1 N–H and O–H groups in total. The van der Waals surface area contributed by atoms with Crippen molar-refractivity contribution in [2.24, 2.45) is 0 Å². The van der Waals surface area contributed by atoms with Crippen molar-refractivity contribution < 1.29 is 18.2 Å². The van der Waals surface area contributed by atoms with Crippen molar-refractivity contribution in [3.8, 4) is 17.2 Å². The van der Waals surface area contributed by atoms with Crippen molar-refractivity contribution in [1.29, 1.82) is 0 Å². The number of aryl methyl sites for hydroxylation is 1. The minimum atomic E-state index is -1.34. The van der Waals surface area contributed by atoms with Crippen molar-refractivity contribution >= 4 is 16.7 Å². The topological polar surface area (TPSA) is 81.4 Å². The van der Waals surface area contributed by atoms with Gasteiger partial charge in [-0.25, -0.2) is 4.98 Å². The van der Waals surface area contributed by atoms with Gasteiger partial charge < -0.3 is 14.5 Å². The highest BCUT2D eigenvalue weighted by molar-refractivity contribution is 7.84. The molecule has 0 aliphatic heterocycles. The maximum absolute atomic E-state index is 12.2. The molecule has 2 atom stereocenters. The largest absolute Gasteiger partial charge is 0.497 e. The van der Waals surface area contributed by atoms with E-state index in [1.807, 2.05) is 38.1 Å². The summed E-state index contributed by atoms with van der Waals surface area (Å²) >= 11 is 0. The third-order valence-corrected chi connectivity index (χ3v) is 5.00. The fourth-order valence-electron chi connectivity index (χ4n) is 2.21. The molecule has 0 radical (unpaired) electrons. The third kappa shape index (κ3) is 5.42. The van der Waals surface area contributed by atoms with E-state index >= 15 is 0 Å². The highest BCUT2D eigenvalue weighted by Gasteiger charge is 2.17. The second-order valence-corrected chi connectivity index (χ2v) is 7.32. The molecule has 0 saturated heterocycles. The van der Waals surface area contributed by atoms with Crippen LogP contribution < -0.4 is 10.1 Å². The van der Waals surface area contributed by atoms with Crippen molar-refractivity contribution in [2.45, 2.75) is 39.0 Å². The van der Waals surface area contributed by atoms with Crippen LogP contribution in [0.2, 0.25) is 0 Å². The molecule has 2 rings (SSSR count). The molecule has 1 heterocycles. The van der Waals surface area contributed by atoms with E-state index in [9.17, 15) is 9.00 Å². The van der Waals surface area contributed by atoms with Gasteiger partial charge in [-0.05, 0) is 38.5 Å². The Morgan fingerprint density at radius 2 is 2.20 bits per heavy atom. The van der Waals surface area contributed by atoms with Gasteiger partial charge in [-0.2, -0.15) is 0 Å². The Bertz CT molecular complexity index is 757. The van der Waals surface area contributed by atoms with E-state index in [0.29, 0.717) is 23.1 Å². The first-order chi connectivity index (χ1) is 11.9. The molecular weight excluding hydrogens is 340 g/mol. The number of rotatable bonds is 8. The molecular formula is C18H24N2O4S. The molecule has 0 bridgehead atoms. The fraction of sp³-hybridized carbons (Fsp3) is 0.444. The van der Waals surface area contributed by atoms with Gasteiger partial charge in [0.25, 0.3) is 0 Å². The molecule has 0 aliphatic carbocycles. The van der Waals surface area contributed by atoms with Gasteiger partial charge in [0, 0.05) is 22.4 Å². The van der Waals surface area contributed by atoms with Crippen LogP contribution in [-0.4, -0.2) is 34.0 Å². The molecule has 136 valence electrons. The molecule has 0 aliphatic rings. The molecule has 0 saturated carbocycles. The first-order valence-electron chi connectivity index (χ1n) is 8.18.